The highest BCUT2D eigenvalue weighted by Gasteiger charge is 2.20. The molecule has 3 rings (SSSR count). The molecule has 1 heterocycles. The highest BCUT2D eigenvalue weighted by atomic mass is 35.5. The summed E-state index contributed by atoms with van der Waals surface area (Å²) in [6, 6.07) is 18.8. The summed E-state index contributed by atoms with van der Waals surface area (Å²) >= 11 is 6.13. The van der Waals surface area contributed by atoms with Crippen LogP contribution in [-0.2, 0) is 0 Å². The Morgan fingerprint density at radius 2 is 1.52 bits per heavy atom. The van der Waals surface area contributed by atoms with Crippen molar-refractivity contribution < 1.29 is 4.92 Å². The maximum absolute atomic E-state index is 11.0. The number of nitrogens with zero attached hydrogens (tertiary/aromatic N) is 2. The van der Waals surface area contributed by atoms with E-state index in [1.165, 1.54) is 6.07 Å². The number of nitrogens with two attached hydrogens (primary N) is 1. The van der Waals surface area contributed by atoms with E-state index in [1.807, 2.05) is 54.6 Å². The van der Waals surface area contributed by atoms with Crippen LogP contribution in [0.2, 0.25) is 5.02 Å². The maximum Gasteiger partial charge on any atom is 0.387 e. The minimum absolute atomic E-state index is 0.0512. The van der Waals surface area contributed by atoms with E-state index in [0.29, 0.717) is 11.3 Å². The molecule has 5 nitrogen and oxygen atoms in total. The Bertz CT molecular complexity index is 865. The first-order valence-electron chi connectivity index (χ1n) is 6.82. The van der Waals surface area contributed by atoms with E-state index in [-0.39, 0.29) is 10.7 Å². The fraction of sp³-hybridized carbons (Fsp3) is 0. The normalized spacial score (nSPS) is 10.5. The third-order valence-corrected chi connectivity index (χ3v) is 3.71. The van der Waals surface area contributed by atoms with E-state index >= 15 is 0 Å². The number of rotatable bonds is 3. The molecule has 114 valence electrons. The van der Waals surface area contributed by atoms with Gasteiger partial charge in [0.25, 0.3) is 0 Å². The molecule has 23 heavy (non-hydrogen) atoms. The van der Waals surface area contributed by atoms with Crippen LogP contribution in [0.4, 0.5) is 11.5 Å². The van der Waals surface area contributed by atoms with Gasteiger partial charge >= 0.3 is 5.82 Å². The number of nitro groups is 1. The largest absolute Gasteiger partial charge is 0.392 e. The van der Waals surface area contributed by atoms with Crippen molar-refractivity contribution in [3.63, 3.8) is 0 Å². The lowest BCUT2D eigenvalue weighted by Crippen LogP contribution is -2.00. The number of pyridine rings is 1. The topological polar surface area (TPSA) is 82.0 Å². The van der Waals surface area contributed by atoms with Crippen molar-refractivity contribution in [2.45, 2.75) is 0 Å². The molecule has 0 amide bonds. The smallest absolute Gasteiger partial charge is 0.387 e. The Balaban J connectivity index is 2.03. The van der Waals surface area contributed by atoms with Gasteiger partial charge in [0.05, 0.1) is 5.02 Å². The SMILES string of the molecule is Nc1cc(Cl)c(-c2ccc(-c3ccccc3)cc2)nc1[N+](=O)[O-]. The van der Waals surface area contributed by atoms with Crippen LogP contribution in [0.25, 0.3) is 22.4 Å². The maximum atomic E-state index is 11.0. The average Bonchev–Trinajstić information content (AvgIpc) is 2.56. The fourth-order valence-corrected chi connectivity index (χ4v) is 2.56. The molecule has 6 heteroatoms. The Labute approximate surface area is 137 Å². The zero-order valence-corrected chi connectivity index (χ0v) is 12.7. The van der Waals surface area contributed by atoms with E-state index in [9.17, 15) is 10.1 Å². The first-order valence-corrected chi connectivity index (χ1v) is 7.20. The van der Waals surface area contributed by atoms with Crippen LogP contribution in [0.5, 0.6) is 0 Å². The van der Waals surface area contributed by atoms with Crippen LogP contribution >= 0.6 is 11.6 Å². The third-order valence-electron chi connectivity index (χ3n) is 3.42. The number of benzene rings is 2. The van der Waals surface area contributed by atoms with Crippen molar-refractivity contribution >= 4 is 23.1 Å². The molecule has 3 aromatic rings. The number of hydrogen-bond donors (Lipinski definition) is 1. The molecule has 2 N–H and O–H groups in total. The predicted octanol–water partition coefficient (Wildman–Crippen LogP) is 4.56. The summed E-state index contributed by atoms with van der Waals surface area (Å²) in [6.45, 7) is 0. The van der Waals surface area contributed by atoms with Gasteiger partial charge in [-0.15, -0.1) is 0 Å². The second-order valence-electron chi connectivity index (χ2n) is 4.93. The summed E-state index contributed by atoms with van der Waals surface area (Å²) in [5.41, 5.74) is 8.68. The number of halogens is 1. The zero-order valence-electron chi connectivity index (χ0n) is 11.9. The lowest BCUT2D eigenvalue weighted by molar-refractivity contribution is -0.388. The predicted molar refractivity (Wildman–Crippen MR) is 91.2 cm³/mol. The number of hydrogen-bond acceptors (Lipinski definition) is 4. The summed E-state index contributed by atoms with van der Waals surface area (Å²) in [5.74, 6) is -0.392. The Kier molecular flexibility index (Phi) is 3.95. The molecule has 1 aromatic heterocycles. The fourth-order valence-electron chi connectivity index (χ4n) is 2.29. The average molecular weight is 326 g/mol. The van der Waals surface area contributed by atoms with Gasteiger partial charge in [-0.1, -0.05) is 54.1 Å². The van der Waals surface area contributed by atoms with Crippen molar-refractivity contribution in [1.82, 2.24) is 4.98 Å². The Morgan fingerprint density at radius 3 is 2.13 bits per heavy atom. The van der Waals surface area contributed by atoms with Crippen molar-refractivity contribution in [1.29, 1.82) is 0 Å². The quantitative estimate of drug-likeness (QED) is 0.565. The molecule has 0 radical (unpaired) electrons. The van der Waals surface area contributed by atoms with Gasteiger partial charge in [0, 0.05) is 5.56 Å². The molecular formula is C17H12ClN3O2. The van der Waals surface area contributed by atoms with E-state index in [4.69, 9.17) is 17.3 Å². The van der Waals surface area contributed by atoms with Crippen LogP contribution in [0.15, 0.2) is 60.7 Å². The van der Waals surface area contributed by atoms with Crippen LogP contribution in [0, 0.1) is 10.1 Å². The Hall–Kier alpha value is -2.92. The van der Waals surface area contributed by atoms with Gasteiger partial charge in [-0.2, -0.15) is 0 Å². The number of nitrogen functional groups attached to an aromatic ring is 1. The van der Waals surface area contributed by atoms with Crippen molar-refractivity contribution in [2.24, 2.45) is 0 Å². The van der Waals surface area contributed by atoms with Gasteiger partial charge in [-0.05, 0) is 39.2 Å². The van der Waals surface area contributed by atoms with Gasteiger partial charge in [0.2, 0.25) is 5.69 Å². The van der Waals surface area contributed by atoms with Crippen LogP contribution in [0.3, 0.4) is 0 Å². The van der Waals surface area contributed by atoms with Gasteiger partial charge in [0.1, 0.15) is 5.69 Å². The molecule has 0 aliphatic rings. The molecule has 0 aliphatic heterocycles. The van der Waals surface area contributed by atoms with Gasteiger partial charge < -0.3 is 15.8 Å². The van der Waals surface area contributed by atoms with Crippen molar-refractivity contribution in [3.05, 3.63) is 75.8 Å². The lowest BCUT2D eigenvalue weighted by Gasteiger charge is -2.05. The molecule has 0 spiro atoms. The molecule has 0 atom stereocenters. The zero-order chi connectivity index (χ0) is 16.4. The minimum atomic E-state index is -0.618. The molecule has 2 aromatic carbocycles. The molecule has 0 fully saturated rings. The van der Waals surface area contributed by atoms with Crippen molar-refractivity contribution in [2.75, 3.05) is 5.73 Å². The van der Waals surface area contributed by atoms with E-state index in [1.54, 1.807) is 0 Å². The number of aromatic nitrogens is 1. The first-order chi connectivity index (χ1) is 11.1. The highest BCUT2D eigenvalue weighted by molar-refractivity contribution is 6.33. The molecule has 0 saturated heterocycles. The lowest BCUT2D eigenvalue weighted by atomic mass is 10.0. The van der Waals surface area contributed by atoms with Crippen LogP contribution in [-0.4, -0.2) is 9.91 Å². The third kappa shape index (κ3) is 3.00. The first kappa shape index (κ1) is 15.0. The van der Waals surface area contributed by atoms with E-state index in [0.717, 1.165) is 11.1 Å². The molecule has 0 aliphatic carbocycles. The Morgan fingerprint density at radius 1 is 0.957 bits per heavy atom. The summed E-state index contributed by atoms with van der Waals surface area (Å²) in [7, 11) is 0. The summed E-state index contributed by atoms with van der Waals surface area (Å²) in [5, 5.41) is 11.3. The second kappa shape index (κ2) is 6.06. The standard InChI is InChI=1S/C17H12ClN3O2/c18-14-10-15(19)17(21(22)23)20-16(14)13-8-6-12(7-9-13)11-4-2-1-3-5-11/h1-10H,19H2. The molecule has 0 bridgehead atoms. The molecular weight excluding hydrogens is 314 g/mol. The second-order valence-corrected chi connectivity index (χ2v) is 5.34. The summed E-state index contributed by atoms with van der Waals surface area (Å²) in [4.78, 5) is 14.3. The van der Waals surface area contributed by atoms with Crippen LogP contribution < -0.4 is 5.73 Å². The van der Waals surface area contributed by atoms with Gasteiger partial charge in [-0.3, -0.25) is 0 Å². The van der Waals surface area contributed by atoms with Crippen LogP contribution in [0.1, 0.15) is 0 Å². The van der Waals surface area contributed by atoms with E-state index in [2.05, 4.69) is 4.98 Å². The monoisotopic (exact) mass is 325 g/mol. The number of anilines is 1. The minimum Gasteiger partial charge on any atom is -0.392 e. The molecule has 0 unspecified atom stereocenters. The van der Waals surface area contributed by atoms with Gasteiger partial charge in [0.15, 0.2) is 0 Å². The van der Waals surface area contributed by atoms with E-state index < -0.39 is 10.7 Å². The molecule has 0 saturated carbocycles. The van der Waals surface area contributed by atoms with Gasteiger partial charge in [-0.25, -0.2) is 0 Å². The summed E-state index contributed by atoms with van der Waals surface area (Å²) in [6.07, 6.45) is 0. The van der Waals surface area contributed by atoms with Crippen molar-refractivity contribution in [3.8, 4) is 22.4 Å². The highest BCUT2D eigenvalue weighted by Crippen LogP contribution is 2.33. The summed E-state index contributed by atoms with van der Waals surface area (Å²) < 4.78 is 0.